The highest BCUT2D eigenvalue weighted by atomic mass is 19.4. The molecule has 0 bridgehead atoms. The van der Waals surface area contributed by atoms with Gasteiger partial charge in [0.15, 0.2) is 17.8 Å². The zero-order chi connectivity index (χ0) is 22.3. The topological polar surface area (TPSA) is 47.8 Å². The number of hydrogen-bond acceptors (Lipinski definition) is 3. The maximum atomic E-state index is 13.9. The molecule has 0 radical (unpaired) electrons. The Labute approximate surface area is 174 Å². The number of alkyl halides is 4. The lowest BCUT2D eigenvalue weighted by Gasteiger charge is -2.14. The highest BCUT2D eigenvalue weighted by Crippen LogP contribution is 2.39. The van der Waals surface area contributed by atoms with Crippen molar-refractivity contribution in [2.75, 3.05) is 0 Å². The van der Waals surface area contributed by atoms with Crippen LogP contribution in [0.5, 0.6) is 0 Å². The fourth-order valence-electron chi connectivity index (χ4n) is 3.32. The Hall–Kier alpha value is -2.25. The van der Waals surface area contributed by atoms with Gasteiger partial charge in [0.2, 0.25) is 5.82 Å². The summed E-state index contributed by atoms with van der Waals surface area (Å²) in [6.45, 7) is 4.69. The second-order valence-electron chi connectivity index (χ2n) is 7.72. The SMILES string of the molecule is CC(=O)c1nc2n(n1)C(c1ccccc1)CC2F.CCCCCCC(C)C(F)(F)F. The molecule has 3 atom stereocenters. The van der Waals surface area contributed by atoms with Gasteiger partial charge < -0.3 is 0 Å². The van der Waals surface area contributed by atoms with E-state index in [1.54, 1.807) is 0 Å². The number of halogens is 4. The van der Waals surface area contributed by atoms with E-state index in [1.165, 1.54) is 18.5 Å². The Morgan fingerprint density at radius 1 is 1.20 bits per heavy atom. The van der Waals surface area contributed by atoms with Gasteiger partial charge in [-0.15, -0.1) is 5.10 Å². The van der Waals surface area contributed by atoms with Gasteiger partial charge in [-0.2, -0.15) is 13.2 Å². The van der Waals surface area contributed by atoms with Gasteiger partial charge in [0, 0.05) is 13.3 Å². The van der Waals surface area contributed by atoms with Gasteiger partial charge in [-0.1, -0.05) is 69.9 Å². The molecule has 0 saturated heterocycles. The van der Waals surface area contributed by atoms with E-state index in [9.17, 15) is 22.4 Å². The molecule has 1 aliphatic heterocycles. The summed E-state index contributed by atoms with van der Waals surface area (Å²) in [5.74, 6) is -1.02. The number of carbonyl (C=O) groups is 1. The summed E-state index contributed by atoms with van der Waals surface area (Å²) in [4.78, 5) is 15.2. The molecule has 3 unspecified atom stereocenters. The van der Waals surface area contributed by atoms with Crippen molar-refractivity contribution < 1.29 is 22.4 Å². The number of Topliss-reactive ketones (excluding diaryl/α,β-unsaturated/α-hetero) is 1. The molecule has 4 nitrogen and oxygen atoms in total. The predicted molar refractivity (Wildman–Crippen MR) is 107 cm³/mol. The van der Waals surface area contributed by atoms with Gasteiger partial charge in [-0.05, 0) is 12.0 Å². The van der Waals surface area contributed by atoms with E-state index in [1.807, 2.05) is 37.3 Å². The molecular weight excluding hydrogens is 398 g/mol. The minimum absolute atomic E-state index is 0.0910. The van der Waals surface area contributed by atoms with Crippen LogP contribution in [0.25, 0.3) is 0 Å². The summed E-state index contributed by atoms with van der Waals surface area (Å²) in [6, 6.07) is 9.42. The fraction of sp³-hybridized carbons (Fsp3) is 0.591. The molecule has 0 spiro atoms. The van der Waals surface area contributed by atoms with Gasteiger partial charge in [-0.25, -0.2) is 14.1 Å². The van der Waals surface area contributed by atoms with Crippen LogP contribution in [0.3, 0.4) is 0 Å². The lowest BCUT2D eigenvalue weighted by molar-refractivity contribution is -0.171. The molecule has 1 aromatic carbocycles. The Bertz CT molecular complexity index is 804. The van der Waals surface area contributed by atoms with Crippen LogP contribution >= 0.6 is 0 Å². The van der Waals surface area contributed by atoms with Crippen molar-refractivity contribution in [2.45, 2.75) is 77.7 Å². The molecule has 2 heterocycles. The van der Waals surface area contributed by atoms with E-state index in [4.69, 9.17) is 0 Å². The van der Waals surface area contributed by atoms with Crippen molar-refractivity contribution in [3.8, 4) is 0 Å². The molecular formula is C22H29F4N3O. The summed E-state index contributed by atoms with van der Waals surface area (Å²) < 4.78 is 51.3. The van der Waals surface area contributed by atoms with Crippen LogP contribution in [-0.4, -0.2) is 26.7 Å². The third-order valence-corrected chi connectivity index (χ3v) is 5.21. The minimum Gasteiger partial charge on any atom is -0.291 e. The van der Waals surface area contributed by atoms with Crippen molar-refractivity contribution in [2.24, 2.45) is 5.92 Å². The number of fused-ring (bicyclic) bond motifs is 1. The molecule has 1 aliphatic rings. The van der Waals surface area contributed by atoms with Gasteiger partial charge in [0.25, 0.3) is 0 Å². The maximum Gasteiger partial charge on any atom is 0.391 e. The number of nitrogens with zero attached hydrogens (tertiary/aromatic N) is 3. The number of ketones is 1. The monoisotopic (exact) mass is 427 g/mol. The van der Waals surface area contributed by atoms with Gasteiger partial charge in [-0.3, -0.25) is 4.79 Å². The molecule has 3 rings (SSSR count). The van der Waals surface area contributed by atoms with Crippen LogP contribution in [-0.2, 0) is 0 Å². The molecule has 166 valence electrons. The summed E-state index contributed by atoms with van der Waals surface area (Å²) >= 11 is 0. The van der Waals surface area contributed by atoms with E-state index in [-0.39, 0.29) is 29.9 Å². The zero-order valence-corrected chi connectivity index (χ0v) is 17.6. The Kier molecular flexibility index (Phi) is 8.55. The molecule has 0 amide bonds. The summed E-state index contributed by atoms with van der Waals surface area (Å²) in [7, 11) is 0. The van der Waals surface area contributed by atoms with Gasteiger partial charge >= 0.3 is 6.18 Å². The molecule has 1 aromatic heterocycles. The summed E-state index contributed by atoms with van der Waals surface area (Å²) in [6.07, 6.45) is -0.792. The molecule has 0 saturated carbocycles. The number of rotatable bonds is 7. The fourth-order valence-corrected chi connectivity index (χ4v) is 3.32. The van der Waals surface area contributed by atoms with Crippen LogP contribution in [0, 0.1) is 5.92 Å². The zero-order valence-electron chi connectivity index (χ0n) is 17.6. The first-order valence-electron chi connectivity index (χ1n) is 10.4. The van der Waals surface area contributed by atoms with Crippen molar-refractivity contribution in [3.05, 3.63) is 47.5 Å². The van der Waals surface area contributed by atoms with Crippen LogP contribution in [0.15, 0.2) is 30.3 Å². The number of benzene rings is 1. The molecule has 2 aromatic rings. The van der Waals surface area contributed by atoms with Crippen LogP contribution in [0.1, 0.15) is 93.5 Å². The van der Waals surface area contributed by atoms with E-state index in [0.29, 0.717) is 12.8 Å². The second kappa shape index (κ2) is 10.7. The Balaban J connectivity index is 0.000000235. The number of hydrogen-bond donors (Lipinski definition) is 0. The quantitative estimate of drug-likeness (QED) is 0.283. The molecule has 0 N–H and O–H groups in total. The normalized spacial score (nSPS) is 19.0. The van der Waals surface area contributed by atoms with Crippen molar-refractivity contribution >= 4 is 5.78 Å². The minimum atomic E-state index is -3.99. The third kappa shape index (κ3) is 6.37. The summed E-state index contributed by atoms with van der Waals surface area (Å²) in [5, 5.41) is 4.11. The molecule has 30 heavy (non-hydrogen) atoms. The average Bonchev–Trinajstić information content (AvgIpc) is 3.26. The first-order valence-corrected chi connectivity index (χ1v) is 10.4. The third-order valence-electron chi connectivity index (χ3n) is 5.21. The average molecular weight is 427 g/mol. The highest BCUT2D eigenvalue weighted by Gasteiger charge is 2.36. The lowest BCUT2D eigenvalue weighted by atomic mass is 10.0. The van der Waals surface area contributed by atoms with E-state index < -0.39 is 18.3 Å². The summed E-state index contributed by atoms with van der Waals surface area (Å²) in [5.41, 5.74) is 0.985. The van der Waals surface area contributed by atoms with Crippen LogP contribution < -0.4 is 0 Å². The van der Waals surface area contributed by atoms with Gasteiger partial charge in [0.05, 0.1) is 12.0 Å². The first kappa shape index (κ1) is 24.0. The highest BCUT2D eigenvalue weighted by molar-refractivity contribution is 5.90. The van der Waals surface area contributed by atoms with E-state index in [2.05, 4.69) is 10.1 Å². The standard InChI is InChI=1S/C13H12FN3O.C9H17F3/c1-8(18)12-15-13-10(14)7-11(17(13)16-12)9-5-3-2-4-6-9;1-3-4-5-6-7-8(2)9(10,11)12/h2-6,10-11H,7H2,1H3;8H,3-7H2,1-2H3. The molecule has 8 heteroatoms. The lowest BCUT2D eigenvalue weighted by Crippen LogP contribution is -2.19. The van der Waals surface area contributed by atoms with Crippen LogP contribution in [0.2, 0.25) is 0 Å². The number of aromatic nitrogens is 3. The van der Waals surface area contributed by atoms with Crippen LogP contribution in [0.4, 0.5) is 17.6 Å². The first-order chi connectivity index (χ1) is 14.1. The van der Waals surface area contributed by atoms with E-state index in [0.717, 1.165) is 24.8 Å². The van der Waals surface area contributed by atoms with Gasteiger partial charge in [0.1, 0.15) is 0 Å². The maximum absolute atomic E-state index is 13.9. The van der Waals surface area contributed by atoms with E-state index >= 15 is 0 Å². The largest absolute Gasteiger partial charge is 0.391 e. The smallest absolute Gasteiger partial charge is 0.291 e. The Morgan fingerprint density at radius 3 is 2.43 bits per heavy atom. The Morgan fingerprint density at radius 2 is 1.87 bits per heavy atom. The molecule has 0 aliphatic carbocycles. The number of unbranched alkanes of at least 4 members (excludes halogenated alkanes) is 3. The second-order valence-corrected chi connectivity index (χ2v) is 7.72. The van der Waals surface area contributed by atoms with Crippen molar-refractivity contribution in [3.63, 3.8) is 0 Å². The molecule has 0 fully saturated rings. The predicted octanol–water partition coefficient (Wildman–Crippen LogP) is 6.64. The van der Waals surface area contributed by atoms with Crippen molar-refractivity contribution in [1.82, 2.24) is 14.8 Å². The van der Waals surface area contributed by atoms with Crippen molar-refractivity contribution in [1.29, 1.82) is 0 Å². The number of carbonyl (C=O) groups excluding carboxylic acids is 1.